The fourth-order valence-electron chi connectivity index (χ4n) is 1.70. The van der Waals surface area contributed by atoms with Crippen molar-refractivity contribution in [2.45, 2.75) is 0 Å². The maximum atomic E-state index is 11.2. The van der Waals surface area contributed by atoms with Crippen molar-refractivity contribution in [1.82, 2.24) is 15.8 Å². The lowest BCUT2D eigenvalue weighted by Gasteiger charge is -2.27. The second-order valence-corrected chi connectivity index (χ2v) is 3.24. The molecule has 2 rings (SSSR count). The lowest BCUT2D eigenvalue weighted by Crippen LogP contribution is -2.39. The lowest BCUT2D eigenvalue weighted by atomic mass is 10.0. The van der Waals surface area contributed by atoms with Crippen molar-refractivity contribution in [3.05, 3.63) is 11.8 Å². The van der Waals surface area contributed by atoms with E-state index in [1.807, 2.05) is 6.08 Å². The van der Waals surface area contributed by atoms with Crippen molar-refractivity contribution in [2.75, 3.05) is 26.7 Å². The summed E-state index contributed by atoms with van der Waals surface area (Å²) in [6.07, 6.45) is 1.77. The zero-order valence-corrected chi connectivity index (χ0v) is 7.54. The molecule has 0 aromatic heterocycles. The van der Waals surface area contributed by atoms with Gasteiger partial charge in [-0.1, -0.05) is 0 Å². The van der Waals surface area contributed by atoms with Crippen LogP contribution in [0.15, 0.2) is 11.8 Å². The van der Waals surface area contributed by atoms with Gasteiger partial charge in [-0.3, -0.25) is 0 Å². The zero-order chi connectivity index (χ0) is 9.26. The number of carbonyl (C=O) groups excluding carboxylic acids is 1. The standard InChI is InChI=1S/C8H13N3O2/c1-13-8(12)11-3-2-7-6(5-11)4-9-10-7/h2,6,9-10H,3-5H2,1H3. The molecule has 1 atom stereocenters. The molecule has 1 saturated heterocycles. The summed E-state index contributed by atoms with van der Waals surface area (Å²) >= 11 is 0. The van der Waals surface area contributed by atoms with Crippen LogP contribution in [0.25, 0.3) is 0 Å². The Kier molecular flexibility index (Phi) is 2.10. The summed E-state index contributed by atoms with van der Waals surface area (Å²) in [5, 5.41) is 0. The summed E-state index contributed by atoms with van der Waals surface area (Å²) < 4.78 is 4.66. The average Bonchev–Trinajstić information content (AvgIpc) is 2.63. The van der Waals surface area contributed by atoms with E-state index in [9.17, 15) is 4.79 Å². The highest BCUT2D eigenvalue weighted by atomic mass is 16.5. The number of hydrogen-bond donors (Lipinski definition) is 2. The third-order valence-corrected chi connectivity index (χ3v) is 2.43. The van der Waals surface area contributed by atoms with Crippen LogP contribution in [0.2, 0.25) is 0 Å². The van der Waals surface area contributed by atoms with Gasteiger partial charge in [-0.15, -0.1) is 0 Å². The van der Waals surface area contributed by atoms with Gasteiger partial charge in [-0.05, 0) is 6.08 Å². The van der Waals surface area contributed by atoms with Crippen LogP contribution in [0.5, 0.6) is 0 Å². The molecule has 0 aromatic rings. The van der Waals surface area contributed by atoms with Gasteiger partial charge in [0.25, 0.3) is 0 Å². The van der Waals surface area contributed by atoms with E-state index in [1.54, 1.807) is 4.90 Å². The molecule has 0 saturated carbocycles. The molecule has 2 N–H and O–H groups in total. The maximum Gasteiger partial charge on any atom is 0.409 e. The molecule has 2 aliphatic heterocycles. The van der Waals surface area contributed by atoms with Crippen molar-refractivity contribution >= 4 is 6.09 Å². The summed E-state index contributed by atoms with van der Waals surface area (Å²) in [5.74, 6) is 0.396. The first-order valence-corrected chi connectivity index (χ1v) is 4.33. The van der Waals surface area contributed by atoms with Gasteiger partial charge >= 0.3 is 6.09 Å². The molecule has 0 bridgehead atoms. The van der Waals surface area contributed by atoms with Crippen LogP contribution in [0.3, 0.4) is 0 Å². The Hall–Kier alpha value is -1.23. The van der Waals surface area contributed by atoms with Crippen LogP contribution in [0, 0.1) is 5.92 Å². The molecule has 0 spiro atoms. The van der Waals surface area contributed by atoms with Crippen LogP contribution in [-0.4, -0.2) is 37.7 Å². The van der Waals surface area contributed by atoms with Gasteiger partial charge in [-0.25, -0.2) is 10.2 Å². The first-order chi connectivity index (χ1) is 6.31. The number of nitrogens with one attached hydrogen (secondary N) is 2. The van der Waals surface area contributed by atoms with Crippen LogP contribution >= 0.6 is 0 Å². The average molecular weight is 183 g/mol. The molecule has 0 radical (unpaired) electrons. The number of fused-ring (bicyclic) bond motifs is 1. The van der Waals surface area contributed by atoms with Gasteiger partial charge in [0.2, 0.25) is 0 Å². The normalized spacial score (nSPS) is 26.1. The number of nitrogens with zero attached hydrogens (tertiary/aromatic N) is 1. The number of hydrazine groups is 1. The Morgan fingerprint density at radius 1 is 1.77 bits per heavy atom. The minimum absolute atomic E-state index is 0.248. The lowest BCUT2D eigenvalue weighted by molar-refractivity contribution is 0.122. The van der Waals surface area contributed by atoms with Crippen molar-refractivity contribution in [3.63, 3.8) is 0 Å². The smallest absolute Gasteiger partial charge is 0.409 e. The van der Waals surface area contributed by atoms with E-state index in [0.29, 0.717) is 12.5 Å². The number of amides is 1. The van der Waals surface area contributed by atoms with E-state index in [1.165, 1.54) is 12.8 Å². The third-order valence-electron chi connectivity index (χ3n) is 2.43. The fourth-order valence-corrected chi connectivity index (χ4v) is 1.70. The number of methoxy groups -OCH3 is 1. The summed E-state index contributed by atoms with van der Waals surface area (Å²) in [7, 11) is 1.41. The van der Waals surface area contributed by atoms with Crippen molar-refractivity contribution in [3.8, 4) is 0 Å². The molecule has 0 aliphatic carbocycles. The fraction of sp³-hybridized carbons (Fsp3) is 0.625. The second-order valence-electron chi connectivity index (χ2n) is 3.24. The number of rotatable bonds is 0. The third kappa shape index (κ3) is 1.47. The molecule has 5 nitrogen and oxygen atoms in total. The number of ether oxygens (including phenoxy) is 1. The van der Waals surface area contributed by atoms with Gasteiger partial charge in [-0.2, -0.15) is 0 Å². The van der Waals surface area contributed by atoms with E-state index in [-0.39, 0.29) is 6.09 Å². The molecule has 1 unspecified atom stereocenters. The molecular formula is C8H13N3O2. The van der Waals surface area contributed by atoms with Gasteiger partial charge in [0.1, 0.15) is 0 Å². The highest BCUT2D eigenvalue weighted by Gasteiger charge is 2.28. The summed E-state index contributed by atoms with van der Waals surface area (Å²) in [6, 6.07) is 0. The molecule has 1 amide bonds. The Labute approximate surface area is 76.7 Å². The molecule has 5 heteroatoms. The van der Waals surface area contributed by atoms with Crippen LogP contribution < -0.4 is 10.9 Å². The SMILES string of the molecule is COC(=O)N1CC=C2NNCC2C1. The Morgan fingerprint density at radius 2 is 2.62 bits per heavy atom. The zero-order valence-electron chi connectivity index (χ0n) is 7.54. The van der Waals surface area contributed by atoms with Crippen molar-refractivity contribution in [1.29, 1.82) is 0 Å². The second kappa shape index (κ2) is 3.26. The van der Waals surface area contributed by atoms with E-state index < -0.39 is 0 Å². The van der Waals surface area contributed by atoms with Crippen LogP contribution in [0.1, 0.15) is 0 Å². The van der Waals surface area contributed by atoms with Crippen LogP contribution in [0.4, 0.5) is 4.79 Å². The molecule has 2 aliphatic rings. The molecule has 0 aromatic carbocycles. The Bertz CT molecular complexity index is 252. The number of hydrogen-bond acceptors (Lipinski definition) is 4. The minimum atomic E-state index is -0.248. The number of carbonyl (C=O) groups is 1. The summed E-state index contributed by atoms with van der Waals surface area (Å²) in [4.78, 5) is 12.9. The van der Waals surface area contributed by atoms with E-state index in [2.05, 4.69) is 15.6 Å². The molecule has 1 fully saturated rings. The molecule has 13 heavy (non-hydrogen) atoms. The van der Waals surface area contributed by atoms with Gasteiger partial charge in [0.15, 0.2) is 0 Å². The van der Waals surface area contributed by atoms with Crippen LogP contribution in [-0.2, 0) is 4.74 Å². The topological polar surface area (TPSA) is 53.6 Å². The molecule has 72 valence electrons. The summed E-state index contributed by atoms with van der Waals surface area (Å²) in [5.41, 5.74) is 7.31. The van der Waals surface area contributed by atoms with Gasteiger partial charge in [0.05, 0.1) is 7.11 Å². The maximum absolute atomic E-state index is 11.2. The Morgan fingerprint density at radius 3 is 3.38 bits per heavy atom. The predicted octanol–water partition coefficient (Wildman–Crippen LogP) is -0.324. The van der Waals surface area contributed by atoms with Gasteiger partial charge < -0.3 is 15.1 Å². The minimum Gasteiger partial charge on any atom is -0.453 e. The monoisotopic (exact) mass is 183 g/mol. The van der Waals surface area contributed by atoms with Crippen molar-refractivity contribution < 1.29 is 9.53 Å². The summed E-state index contributed by atoms with van der Waals surface area (Å²) in [6.45, 7) is 2.24. The first kappa shape index (κ1) is 8.37. The predicted molar refractivity (Wildman–Crippen MR) is 46.7 cm³/mol. The van der Waals surface area contributed by atoms with E-state index in [0.717, 1.165) is 13.1 Å². The highest BCUT2D eigenvalue weighted by Crippen LogP contribution is 2.18. The van der Waals surface area contributed by atoms with E-state index in [4.69, 9.17) is 0 Å². The molecule has 2 heterocycles. The Balaban J connectivity index is 2.03. The van der Waals surface area contributed by atoms with E-state index >= 15 is 0 Å². The van der Waals surface area contributed by atoms with Gasteiger partial charge in [0, 0.05) is 31.2 Å². The molecular weight excluding hydrogens is 170 g/mol. The van der Waals surface area contributed by atoms with Crippen molar-refractivity contribution in [2.24, 2.45) is 5.92 Å². The first-order valence-electron chi connectivity index (χ1n) is 4.33. The quantitative estimate of drug-likeness (QED) is 0.540. The largest absolute Gasteiger partial charge is 0.453 e. The highest BCUT2D eigenvalue weighted by molar-refractivity contribution is 5.68.